The molecule has 0 radical (unpaired) electrons. The first-order chi connectivity index (χ1) is 8.40. The first-order valence-electron chi connectivity index (χ1n) is 5.07. The Morgan fingerprint density at radius 1 is 1.39 bits per heavy atom. The van der Waals surface area contributed by atoms with Crippen molar-refractivity contribution in [1.82, 2.24) is 9.97 Å². The molecule has 96 valence electrons. The van der Waals surface area contributed by atoms with E-state index in [4.69, 9.17) is 5.73 Å². The van der Waals surface area contributed by atoms with Crippen LogP contribution in [-0.2, 0) is 10.0 Å². The lowest BCUT2D eigenvalue weighted by Gasteiger charge is -2.06. The highest BCUT2D eigenvalue weighted by molar-refractivity contribution is 7.93. The molecule has 2 rings (SSSR count). The van der Waals surface area contributed by atoms with Gasteiger partial charge in [-0.25, -0.2) is 18.4 Å². The number of nitrogens with one attached hydrogen (secondary N) is 1. The highest BCUT2D eigenvalue weighted by atomic mass is 32.2. The van der Waals surface area contributed by atoms with Gasteiger partial charge < -0.3 is 5.73 Å². The van der Waals surface area contributed by atoms with E-state index in [1.54, 1.807) is 0 Å². The highest BCUT2D eigenvalue weighted by Gasteiger charge is 2.19. The lowest BCUT2D eigenvalue weighted by molar-refractivity contribution is 0.601. The van der Waals surface area contributed by atoms with Gasteiger partial charge in [-0.1, -0.05) is 0 Å². The van der Waals surface area contributed by atoms with E-state index in [1.807, 2.05) is 13.8 Å². The van der Waals surface area contributed by atoms with Crippen molar-refractivity contribution in [3.63, 3.8) is 0 Å². The summed E-state index contributed by atoms with van der Waals surface area (Å²) in [4.78, 5) is 8.79. The summed E-state index contributed by atoms with van der Waals surface area (Å²) in [7, 11) is -3.74. The summed E-state index contributed by atoms with van der Waals surface area (Å²) < 4.78 is 26.6. The van der Waals surface area contributed by atoms with Gasteiger partial charge in [-0.05, 0) is 26.0 Å². The number of hydrogen-bond acceptors (Lipinski definition) is 6. The Kier molecular flexibility index (Phi) is 3.22. The van der Waals surface area contributed by atoms with Crippen molar-refractivity contribution in [2.75, 3.05) is 10.5 Å². The molecule has 0 spiro atoms. The topological polar surface area (TPSA) is 98.0 Å². The maximum Gasteiger partial charge on any atom is 0.267 e. The number of sulfonamides is 1. The molecule has 0 bridgehead atoms. The summed E-state index contributed by atoms with van der Waals surface area (Å²) in [5.74, 6) is -0.0324. The van der Waals surface area contributed by atoms with Crippen LogP contribution in [0.15, 0.2) is 23.2 Å². The molecule has 0 aromatic carbocycles. The number of hydrogen-bond donors (Lipinski definition) is 2. The summed E-state index contributed by atoms with van der Waals surface area (Å²) in [6, 6.07) is 2.92. The molecule has 18 heavy (non-hydrogen) atoms. The second kappa shape index (κ2) is 4.54. The summed E-state index contributed by atoms with van der Waals surface area (Å²) in [6.07, 6.45) is 1.44. The van der Waals surface area contributed by atoms with E-state index >= 15 is 0 Å². The molecule has 8 heteroatoms. The van der Waals surface area contributed by atoms with Crippen molar-refractivity contribution >= 4 is 32.3 Å². The Labute approximate surface area is 109 Å². The molecule has 3 N–H and O–H groups in total. The van der Waals surface area contributed by atoms with Crippen LogP contribution in [0.3, 0.4) is 0 Å². The molecule has 0 aliphatic rings. The normalized spacial score (nSPS) is 11.4. The number of pyridine rings is 1. The second-order valence-corrected chi connectivity index (χ2v) is 6.51. The van der Waals surface area contributed by atoms with Crippen molar-refractivity contribution < 1.29 is 8.42 Å². The largest absolute Gasteiger partial charge is 0.383 e. The maximum absolute atomic E-state index is 12.1. The number of nitrogens with two attached hydrogens (primary N) is 1. The third kappa shape index (κ3) is 2.44. The number of rotatable bonds is 3. The SMILES string of the molecule is Cc1nc(NS(=O)(=O)c2cccnc2N)sc1C. The quantitative estimate of drug-likeness (QED) is 0.890. The summed E-state index contributed by atoms with van der Waals surface area (Å²) in [5.41, 5.74) is 6.35. The van der Waals surface area contributed by atoms with Gasteiger partial charge >= 0.3 is 0 Å². The van der Waals surface area contributed by atoms with Gasteiger partial charge in [0.2, 0.25) is 0 Å². The van der Waals surface area contributed by atoms with Crippen LogP contribution in [0, 0.1) is 13.8 Å². The van der Waals surface area contributed by atoms with Gasteiger partial charge in [-0.3, -0.25) is 4.72 Å². The molecule has 2 aromatic heterocycles. The van der Waals surface area contributed by atoms with E-state index in [2.05, 4.69) is 14.7 Å². The fourth-order valence-electron chi connectivity index (χ4n) is 1.32. The number of anilines is 2. The molecule has 6 nitrogen and oxygen atoms in total. The average Bonchev–Trinajstić information content (AvgIpc) is 2.57. The maximum atomic E-state index is 12.1. The van der Waals surface area contributed by atoms with Gasteiger partial charge in [-0.2, -0.15) is 0 Å². The molecule has 0 aliphatic carbocycles. The second-order valence-electron chi connectivity index (χ2n) is 3.65. The molecular weight excluding hydrogens is 272 g/mol. The van der Waals surface area contributed by atoms with Gasteiger partial charge in [0.15, 0.2) is 5.13 Å². The molecule has 0 unspecified atom stereocenters. The number of aromatic nitrogens is 2. The van der Waals surface area contributed by atoms with Crippen LogP contribution >= 0.6 is 11.3 Å². The molecule has 2 aromatic rings. The van der Waals surface area contributed by atoms with Crippen molar-refractivity contribution in [2.24, 2.45) is 0 Å². The first kappa shape index (κ1) is 12.8. The van der Waals surface area contributed by atoms with Crippen LogP contribution in [-0.4, -0.2) is 18.4 Å². The van der Waals surface area contributed by atoms with Crippen LogP contribution in [0.1, 0.15) is 10.6 Å². The monoisotopic (exact) mass is 284 g/mol. The minimum absolute atomic E-state index is 0.0324. The minimum Gasteiger partial charge on any atom is -0.383 e. The van der Waals surface area contributed by atoms with Crippen LogP contribution in [0.2, 0.25) is 0 Å². The standard InChI is InChI=1S/C10H12N4O2S2/c1-6-7(2)17-10(13-6)14-18(15,16)8-4-3-5-12-9(8)11/h3-5H,1-2H3,(H2,11,12)(H,13,14). The highest BCUT2D eigenvalue weighted by Crippen LogP contribution is 2.25. The summed E-state index contributed by atoms with van der Waals surface area (Å²) in [6.45, 7) is 3.70. The molecule has 0 amide bonds. The predicted molar refractivity (Wildman–Crippen MR) is 71.0 cm³/mol. The third-order valence-electron chi connectivity index (χ3n) is 2.34. The fraction of sp³-hybridized carbons (Fsp3) is 0.200. The van der Waals surface area contributed by atoms with E-state index in [1.165, 1.54) is 29.7 Å². The van der Waals surface area contributed by atoms with Gasteiger partial charge in [0.1, 0.15) is 10.7 Å². The van der Waals surface area contributed by atoms with Crippen molar-refractivity contribution in [3.05, 3.63) is 28.9 Å². The van der Waals surface area contributed by atoms with Crippen LogP contribution < -0.4 is 10.5 Å². The first-order valence-corrected chi connectivity index (χ1v) is 7.37. The van der Waals surface area contributed by atoms with E-state index in [0.717, 1.165) is 10.6 Å². The van der Waals surface area contributed by atoms with E-state index in [-0.39, 0.29) is 10.7 Å². The molecule has 0 saturated carbocycles. The van der Waals surface area contributed by atoms with Gasteiger partial charge in [0.25, 0.3) is 10.0 Å². The Hall–Kier alpha value is -1.67. The Bertz CT molecular complexity index is 659. The lowest BCUT2D eigenvalue weighted by Crippen LogP contribution is -2.15. The van der Waals surface area contributed by atoms with E-state index in [9.17, 15) is 8.42 Å². The Morgan fingerprint density at radius 3 is 2.67 bits per heavy atom. The van der Waals surface area contributed by atoms with Gasteiger partial charge in [0.05, 0.1) is 5.69 Å². The summed E-state index contributed by atoms with van der Waals surface area (Å²) in [5, 5.41) is 0.327. The summed E-state index contributed by atoms with van der Waals surface area (Å²) >= 11 is 1.28. The van der Waals surface area contributed by atoms with Crippen molar-refractivity contribution in [3.8, 4) is 0 Å². The Balaban J connectivity index is 2.36. The smallest absolute Gasteiger partial charge is 0.267 e. The zero-order valence-corrected chi connectivity index (χ0v) is 11.5. The number of thiazole rings is 1. The minimum atomic E-state index is -3.74. The van der Waals surface area contributed by atoms with Crippen LogP contribution in [0.25, 0.3) is 0 Å². The third-order valence-corrected chi connectivity index (χ3v) is 4.84. The van der Waals surface area contributed by atoms with Crippen LogP contribution in [0.4, 0.5) is 10.9 Å². The number of aryl methyl sites for hydroxylation is 2. The van der Waals surface area contributed by atoms with E-state index in [0.29, 0.717) is 5.13 Å². The van der Waals surface area contributed by atoms with Crippen molar-refractivity contribution in [2.45, 2.75) is 18.7 Å². The fourth-order valence-corrected chi connectivity index (χ4v) is 3.45. The molecule has 0 aliphatic heterocycles. The molecule has 2 heterocycles. The molecule has 0 fully saturated rings. The number of nitrogens with zero attached hydrogens (tertiary/aromatic N) is 2. The van der Waals surface area contributed by atoms with Crippen molar-refractivity contribution in [1.29, 1.82) is 0 Å². The Morgan fingerprint density at radius 2 is 2.11 bits per heavy atom. The average molecular weight is 284 g/mol. The van der Waals surface area contributed by atoms with E-state index < -0.39 is 10.0 Å². The van der Waals surface area contributed by atoms with Gasteiger partial charge in [-0.15, -0.1) is 11.3 Å². The zero-order valence-electron chi connectivity index (χ0n) is 9.84. The zero-order chi connectivity index (χ0) is 13.3. The molecule has 0 saturated heterocycles. The lowest BCUT2D eigenvalue weighted by atomic mass is 10.4. The predicted octanol–water partition coefficient (Wildman–Crippen LogP) is 1.54. The van der Waals surface area contributed by atoms with Gasteiger partial charge in [0, 0.05) is 11.1 Å². The number of nitrogen functional groups attached to an aromatic ring is 1. The molecular formula is C10H12N4O2S2. The molecule has 0 atom stereocenters. The van der Waals surface area contributed by atoms with Crippen LogP contribution in [0.5, 0.6) is 0 Å².